The molecule has 0 spiro atoms. The summed E-state index contributed by atoms with van der Waals surface area (Å²) < 4.78 is 15.9. The van der Waals surface area contributed by atoms with Gasteiger partial charge in [-0.25, -0.2) is 4.39 Å². The van der Waals surface area contributed by atoms with Crippen LogP contribution in [-0.4, -0.2) is 26.4 Å². The van der Waals surface area contributed by atoms with Crippen molar-refractivity contribution < 1.29 is 9.13 Å². The zero-order valence-electron chi connectivity index (χ0n) is 4.76. The zero-order chi connectivity index (χ0) is 5.70. The normalized spacial score (nSPS) is 12.4. The van der Waals surface area contributed by atoms with Gasteiger partial charge in [-0.3, -0.25) is 0 Å². The Morgan fingerprint density at radius 1 is 1.75 bits per heavy atom. The topological polar surface area (TPSA) is 35.2 Å². The number of rotatable bonds is 3. The standard InChI is InChI=1S/C4H10FNO.ClH/c1-7-3-4(6)2-5;/h4H,2-3,6H2,1H3;1H. The van der Waals surface area contributed by atoms with E-state index in [-0.39, 0.29) is 12.4 Å². The van der Waals surface area contributed by atoms with Crippen molar-refractivity contribution in [2.75, 3.05) is 20.4 Å². The Labute approximate surface area is 54.6 Å². The lowest BCUT2D eigenvalue weighted by molar-refractivity contribution is 0.168. The molecule has 0 rings (SSSR count). The van der Waals surface area contributed by atoms with Crippen molar-refractivity contribution in [1.29, 1.82) is 0 Å². The predicted octanol–water partition coefficient (Wildman–Crippen LogP) is 0.351. The summed E-state index contributed by atoms with van der Waals surface area (Å²) in [5.74, 6) is 0. The Bertz CT molecular complexity index is 47.0. The van der Waals surface area contributed by atoms with Crippen molar-refractivity contribution in [2.45, 2.75) is 6.04 Å². The summed E-state index contributed by atoms with van der Waals surface area (Å²) in [6, 6.07) is -0.440. The molecule has 0 bridgehead atoms. The summed E-state index contributed by atoms with van der Waals surface area (Å²) in [6.07, 6.45) is 0. The van der Waals surface area contributed by atoms with Gasteiger partial charge in [-0.2, -0.15) is 0 Å². The van der Waals surface area contributed by atoms with Crippen molar-refractivity contribution in [2.24, 2.45) is 5.73 Å². The van der Waals surface area contributed by atoms with Crippen LogP contribution in [0.4, 0.5) is 4.39 Å². The van der Waals surface area contributed by atoms with Gasteiger partial charge in [-0.1, -0.05) is 0 Å². The van der Waals surface area contributed by atoms with Crippen molar-refractivity contribution >= 4 is 12.4 Å². The SMILES string of the molecule is COCC(N)CF.Cl. The molecule has 0 saturated carbocycles. The third kappa shape index (κ3) is 6.14. The Balaban J connectivity index is 0. The molecule has 52 valence electrons. The monoisotopic (exact) mass is 143 g/mol. The second-order valence-corrected chi connectivity index (χ2v) is 1.37. The lowest BCUT2D eigenvalue weighted by Gasteiger charge is -2.01. The van der Waals surface area contributed by atoms with Crippen LogP contribution in [0.2, 0.25) is 0 Å². The average molecular weight is 144 g/mol. The van der Waals surface area contributed by atoms with E-state index in [2.05, 4.69) is 4.74 Å². The number of methoxy groups -OCH3 is 1. The van der Waals surface area contributed by atoms with Crippen LogP contribution < -0.4 is 5.73 Å². The summed E-state index contributed by atoms with van der Waals surface area (Å²) in [5.41, 5.74) is 5.08. The van der Waals surface area contributed by atoms with Crippen molar-refractivity contribution in [3.8, 4) is 0 Å². The number of hydrogen-bond donors (Lipinski definition) is 1. The van der Waals surface area contributed by atoms with Gasteiger partial charge in [0, 0.05) is 7.11 Å². The summed E-state index contributed by atoms with van der Waals surface area (Å²) in [5, 5.41) is 0. The maximum absolute atomic E-state index is 11.4. The Hall–Kier alpha value is 0.140. The maximum atomic E-state index is 11.4. The first kappa shape index (κ1) is 11.0. The highest BCUT2D eigenvalue weighted by Gasteiger charge is 1.96. The fourth-order valence-electron chi connectivity index (χ4n) is 0.259. The van der Waals surface area contributed by atoms with Gasteiger partial charge in [0.05, 0.1) is 12.6 Å². The molecule has 0 aromatic heterocycles. The van der Waals surface area contributed by atoms with Crippen LogP contribution in [-0.2, 0) is 4.74 Å². The molecule has 1 atom stereocenters. The molecule has 0 aromatic carbocycles. The molecule has 2 N–H and O–H groups in total. The molecule has 1 unspecified atom stereocenters. The summed E-state index contributed by atoms with van der Waals surface area (Å²) in [7, 11) is 1.50. The van der Waals surface area contributed by atoms with E-state index in [1.54, 1.807) is 0 Å². The third-order valence-electron chi connectivity index (χ3n) is 0.579. The smallest absolute Gasteiger partial charge is 0.107 e. The largest absolute Gasteiger partial charge is 0.383 e. The van der Waals surface area contributed by atoms with Gasteiger partial charge in [0.2, 0.25) is 0 Å². The van der Waals surface area contributed by atoms with Gasteiger partial charge in [-0.15, -0.1) is 12.4 Å². The van der Waals surface area contributed by atoms with Gasteiger partial charge in [0.25, 0.3) is 0 Å². The zero-order valence-corrected chi connectivity index (χ0v) is 5.58. The molecule has 0 amide bonds. The molecule has 0 fully saturated rings. The lowest BCUT2D eigenvalue weighted by atomic mass is 10.4. The number of ether oxygens (including phenoxy) is 1. The molecule has 0 aliphatic heterocycles. The molecular formula is C4H11ClFNO. The quantitative estimate of drug-likeness (QED) is 0.619. The first-order valence-corrected chi connectivity index (χ1v) is 2.11. The van der Waals surface area contributed by atoms with E-state index in [0.29, 0.717) is 6.61 Å². The van der Waals surface area contributed by atoms with Gasteiger partial charge >= 0.3 is 0 Å². The van der Waals surface area contributed by atoms with Crippen LogP contribution >= 0.6 is 12.4 Å². The van der Waals surface area contributed by atoms with Crippen molar-refractivity contribution in [1.82, 2.24) is 0 Å². The van der Waals surface area contributed by atoms with Crippen LogP contribution in [0.15, 0.2) is 0 Å². The summed E-state index contributed by atoms with van der Waals surface area (Å²) >= 11 is 0. The second kappa shape index (κ2) is 7.14. The number of nitrogens with two attached hydrogens (primary N) is 1. The number of hydrogen-bond acceptors (Lipinski definition) is 2. The minimum atomic E-state index is -0.506. The van der Waals surface area contributed by atoms with E-state index < -0.39 is 12.7 Å². The highest BCUT2D eigenvalue weighted by atomic mass is 35.5. The first-order valence-electron chi connectivity index (χ1n) is 2.11. The van der Waals surface area contributed by atoms with E-state index in [4.69, 9.17) is 5.73 Å². The lowest BCUT2D eigenvalue weighted by Crippen LogP contribution is -2.27. The molecule has 0 saturated heterocycles. The molecule has 4 heteroatoms. The highest BCUT2D eigenvalue weighted by molar-refractivity contribution is 5.85. The maximum Gasteiger partial charge on any atom is 0.107 e. The Morgan fingerprint density at radius 3 is 2.38 bits per heavy atom. The van der Waals surface area contributed by atoms with Gasteiger partial charge in [0.1, 0.15) is 6.67 Å². The Morgan fingerprint density at radius 2 is 2.25 bits per heavy atom. The molecule has 0 heterocycles. The minimum Gasteiger partial charge on any atom is -0.383 e. The van der Waals surface area contributed by atoms with Crippen LogP contribution in [0.5, 0.6) is 0 Å². The van der Waals surface area contributed by atoms with E-state index >= 15 is 0 Å². The number of halogens is 2. The van der Waals surface area contributed by atoms with Gasteiger partial charge < -0.3 is 10.5 Å². The minimum absolute atomic E-state index is 0. The van der Waals surface area contributed by atoms with E-state index in [1.165, 1.54) is 7.11 Å². The van der Waals surface area contributed by atoms with Crippen molar-refractivity contribution in [3.05, 3.63) is 0 Å². The Kier molecular flexibility index (Phi) is 9.82. The van der Waals surface area contributed by atoms with E-state index in [1.807, 2.05) is 0 Å². The fraction of sp³-hybridized carbons (Fsp3) is 1.00. The van der Waals surface area contributed by atoms with Gasteiger partial charge in [-0.05, 0) is 0 Å². The fourth-order valence-corrected chi connectivity index (χ4v) is 0.259. The summed E-state index contributed by atoms with van der Waals surface area (Å²) in [4.78, 5) is 0. The average Bonchev–Trinajstić information content (AvgIpc) is 1.68. The first-order chi connectivity index (χ1) is 3.31. The molecular weight excluding hydrogens is 133 g/mol. The molecule has 0 aliphatic rings. The van der Waals surface area contributed by atoms with E-state index in [0.717, 1.165) is 0 Å². The molecule has 8 heavy (non-hydrogen) atoms. The van der Waals surface area contributed by atoms with E-state index in [9.17, 15) is 4.39 Å². The number of alkyl halides is 1. The molecule has 0 aliphatic carbocycles. The van der Waals surface area contributed by atoms with Crippen molar-refractivity contribution in [3.63, 3.8) is 0 Å². The molecule has 0 aromatic rings. The summed E-state index contributed by atoms with van der Waals surface area (Å²) in [6.45, 7) is -0.204. The van der Waals surface area contributed by atoms with Gasteiger partial charge in [0.15, 0.2) is 0 Å². The molecule has 0 radical (unpaired) electrons. The predicted molar refractivity (Wildman–Crippen MR) is 33.1 cm³/mol. The third-order valence-corrected chi connectivity index (χ3v) is 0.579. The van der Waals surface area contributed by atoms with Crippen LogP contribution in [0, 0.1) is 0 Å². The van der Waals surface area contributed by atoms with Crippen LogP contribution in [0.3, 0.4) is 0 Å². The molecule has 2 nitrogen and oxygen atoms in total. The van der Waals surface area contributed by atoms with Crippen LogP contribution in [0.25, 0.3) is 0 Å². The highest BCUT2D eigenvalue weighted by Crippen LogP contribution is 1.78. The van der Waals surface area contributed by atoms with Crippen LogP contribution in [0.1, 0.15) is 0 Å². The second-order valence-electron chi connectivity index (χ2n) is 1.37.